The van der Waals surface area contributed by atoms with Crippen LogP contribution < -0.4 is 9.62 Å². The highest BCUT2D eigenvalue weighted by Gasteiger charge is 2.23. The number of aromatic carboxylic acids is 1. The topological polar surface area (TPSA) is 86.7 Å². The van der Waals surface area contributed by atoms with Gasteiger partial charge in [-0.3, -0.25) is 0 Å². The van der Waals surface area contributed by atoms with Crippen LogP contribution in [0, 0.1) is 0 Å². The van der Waals surface area contributed by atoms with Gasteiger partial charge in [-0.15, -0.1) is 0 Å². The molecule has 1 aliphatic rings. The summed E-state index contributed by atoms with van der Waals surface area (Å²) in [6.45, 7) is 1.94. The number of sulfonamides is 1. The van der Waals surface area contributed by atoms with E-state index in [9.17, 15) is 13.2 Å². The second-order valence-electron chi connectivity index (χ2n) is 6.22. The first kappa shape index (κ1) is 19.9. The summed E-state index contributed by atoms with van der Waals surface area (Å²) in [7, 11) is -4.02. The third-order valence-electron chi connectivity index (χ3n) is 4.43. The molecule has 0 aromatic heterocycles. The number of para-hydroxylation sites is 1. The summed E-state index contributed by atoms with van der Waals surface area (Å²) in [6, 6.07) is 9.69. The summed E-state index contributed by atoms with van der Waals surface area (Å²) >= 11 is 11.8. The van der Waals surface area contributed by atoms with Crippen molar-refractivity contribution in [2.45, 2.75) is 24.3 Å². The molecule has 0 amide bonds. The molecule has 1 heterocycles. The van der Waals surface area contributed by atoms with E-state index in [0.29, 0.717) is 0 Å². The number of hydrogen-bond donors (Lipinski definition) is 2. The number of benzene rings is 2. The molecule has 27 heavy (non-hydrogen) atoms. The fourth-order valence-electron chi connectivity index (χ4n) is 3.08. The zero-order valence-corrected chi connectivity index (χ0v) is 16.6. The maximum absolute atomic E-state index is 12.7. The smallest absolute Gasteiger partial charge is 0.337 e. The summed E-state index contributed by atoms with van der Waals surface area (Å²) in [5.41, 5.74) is 1.51. The molecule has 0 bridgehead atoms. The number of hydrogen-bond acceptors (Lipinski definition) is 4. The van der Waals surface area contributed by atoms with Crippen LogP contribution in [0.15, 0.2) is 41.3 Å². The summed E-state index contributed by atoms with van der Waals surface area (Å²) in [5, 5.41) is 8.91. The number of nitrogens with zero attached hydrogens (tertiary/aromatic N) is 1. The lowest BCUT2D eigenvalue weighted by molar-refractivity contribution is 0.0697. The van der Waals surface area contributed by atoms with E-state index >= 15 is 0 Å². The monoisotopic (exact) mass is 428 g/mol. The fourth-order valence-corrected chi connectivity index (χ4v) is 4.93. The molecule has 0 radical (unpaired) electrons. The van der Waals surface area contributed by atoms with Gasteiger partial charge in [-0.1, -0.05) is 41.4 Å². The zero-order valence-electron chi connectivity index (χ0n) is 14.3. The molecule has 3 rings (SSSR count). The van der Waals surface area contributed by atoms with E-state index in [1.807, 2.05) is 24.3 Å². The van der Waals surface area contributed by atoms with Crippen LogP contribution in [0.25, 0.3) is 0 Å². The number of rotatable bonds is 6. The molecule has 9 heteroatoms. The molecule has 1 fully saturated rings. The zero-order chi connectivity index (χ0) is 19.6. The Hall–Kier alpha value is -1.80. The maximum Gasteiger partial charge on any atom is 0.337 e. The Kier molecular flexibility index (Phi) is 5.95. The van der Waals surface area contributed by atoms with Crippen LogP contribution in [0.1, 0.15) is 28.8 Å². The highest BCUT2D eigenvalue weighted by Crippen LogP contribution is 2.29. The van der Waals surface area contributed by atoms with Gasteiger partial charge in [-0.2, -0.15) is 0 Å². The Balaban J connectivity index is 1.87. The number of carboxylic acid groups (broad SMARTS) is 1. The molecule has 0 atom stereocenters. The molecular weight excluding hydrogens is 411 g/mol. The van der Waals surface area contributed by atoms with E-state index in [1.54, 1.807) is 0 Å². The van der Waals surface area contributed by atoms with Gasteiger partial charge < -0.3 is 10.0 Å². The van der Waals surface area contributed by atoms with Crippen LogP contribution in [0.4, 0.5) is 5.69 Å². The van der Waals surface area contributed by atoms with Crippen molar-refractivity contribution in [3.8, 4) is 0 Å². The molecular formula is C18H18Cl2N2O4S. The van der Waals surface area contributed by atoms with Crippen molar-refractivity contribution in [2.24, 2.45) is 0 Å². The average molecular weight is 429 g/mol. The van der Waals surface area contributed by atoms with Crippen LogP contribution in [0.5, 0.6) is 0 Å². The van der Waals surface area contributed by atoms with Crippen molar-refractivity contribution in [3.63, 3.8) is 0 Å². The molecule has 2 aromatic carbocycles. The highest BCUT2D eigenvalue weighted by atomic mass is 35.5. The molecule has 0 saturated carbocycles. The van der Waals surface area contributed by atoms with Crippen LogP contribution in [-0.2, 0) is 16.6 Å². The molecule has 2 N–H and O–H groups in total. The Morgan fingerprint density at radius 2 is 1.78 bits per heavy atom. The van der Waals surface area contributed by atoms with Crippen LogP contribution in [0.3, 0.4) is 0 Å². The third kappa shape index (κ3) is 4.38. The number of nitrogens with one attached hydrogen (secondary N) is 1. The molecule has 0 spiro atoms. The third-order valence-corrected chi connectivity index (χ3v) is 6.61. The van der Waals surface area contributed by atoms with Gasteiger partial charge in [0.1, 0.15) is 4.90 Å². The van der Waals surface area contributed by atoms with Gasteiger partial charge in [0.05, 0.1) is 15.6 Å². The predicted octanol–water partition coefficient (Wildman–Crippen LogP) is 3.77. The van der Waals surface area contributed by atoms with Gasteiger partial charge in [0, 0.05) is 25.3 Å². The van der Waals surface area contributed by atoms with Gasteiger partial charge in [-0.05, 0) is 36.6 Å². The van der Waals surface area contributed by atoms with Gasteiger partial charge in [-0.25, -0.2) is 17.9 Å². The van der Waals surface area contributed by atoms with Gasteiger partial charge >= 0.3 is 5.97 Å². The first-order chi connectivity index (χ1) is 12.8. The summed E-state index contributed by atoms with van der Waals surface area (Å²) in [5.74, 6) is -1.33. The van der Waals surface area contributed by atoms with Crippen molar-refractivity contribution < 1.29 is 18.3 Å². The average Bonchev–Trinajstić information content (AvgIpc) is 3.14. The van der Waals surface area contributed by atoms with E-state index in [1.165, 1.54) is 0 Å². The lowest BCUT2D eigenvalue weighted by atomic mass is 10.1. The quantitative estimate of drug-likeness (QED) is 0.730. The molecule has 6 nitrogen and oxygen atoms in total. The largest absolute Gasteiger partial charge is 0.478 e. The minimum atomic E-state index is -4.02. The van der Waals surface area contributed by atoms with Crippen LogP contribution >= 0.6 is 23.2 Å². The molecule has 2 aromatic rings. The minimum absolute atomic E-state index is 0.0658. The second kappa shape index (κ2) is 8.06. The SMILES string of the molecule is O=C(O)c1cc(S(=O)(=O)NCc2ccccc2N2CCCC2)c(Cl)cc1Cl. The van der Waals surface area contributed by atoms with Gasteiger partial charge in [0.2, 0.25) is 10.0 Å². The van der Waals surface area contributed by atoms with Crippen molar-refractivity contribution in [3.05, 3.63) is 57.6 Å². The van der Waals surface area contributed by atoms with E-state index in [4.69, 9.17) is 28.3 Å². The Morgan fingerprint density at radius 3 is 2.44 bits per heavy atom. The van der Waals surface area contributed by atoms with Crippen LogP contribution in [0.2, 0.25) is 10.0 Å². The van der Waals surface area contributed by atoms with Gasteiger partial charge in [0.25, 0.3) is 0 Å². The molecule has 144 valence electrons. The Morgan fingerprint density at radius 1 is 1.11 bits per heavy atom. The molecule has 0 aliphatic carbocycles. The molecule has 0 unspecified atom stereocenters. The normalized spacial score (nSPS) is 14.5. The lowest BCUT2D eigenvalue weighted by Gasteiger charge is -2.21. The molecule has 1 saturated heterocycles. The highest BCUT2D eigenvalue weighted by molar-refractivity contribution is 7.89. The van der Waals surface area contributed by atoms with E-state index in [2.05, 4.69) is 9.62 Å². The number of carbonyl (C=O) groups is 1. The van der Waals surface area contributed by atoms with Crippen LogP contribution in [-0.4, -0.2) is 32.6 Å². The number of anilines is 1. The van der Waals surface area contributed by atoms with E-state index in [-0.39, 0.29) is 27.0 Å². The summed E-state index contributed by atoms with van der Waals surface area (Å²) in [6.07, 6.45) is 2.22. The summed E-state index contributed by atoms with van der Waals surface area (Å²) in [4.78, 5) is 13.1. The standard InChI is InChI=1S/C18H18Cl2N2O4S/c19-14-10-15(20)17(9-13(14)18(23)24)27(25,26)21-11-12-5-1-2-6-16(12)22-7-3-4-8-22/h1-2,5-6,9-10,21H,3-4,7-8,11H2,(H,23,24). The summed E-state index contributed by atoms with van der Waals surface area (Å²) < 4.78 is 27.9. The Bertz CT molecular complexity index is 973. The van der Waals surface area contributed by atoms with Crippen molar-refractivity contribution in [1.29, 1.82) is 0 Å². The Labute approximate surface area is 167 Å². The fraction of sp³-hybridized carbons (Fsp3) is 0.278. The first-order valence-electron chi connectivity index (χ1n) is 8.34. The predicted molar refractivity (Wildman–Crippen MR) is 105 cm³/mol. The van der Waals surface area contributed by atoms with E-state index < -0.39 is 16.0 Å². The van der Waals surface area contributed by atoms with Crippen molar-refractivity contribution in [1.82, 2.24) is 4.72 Å². The first-order valence-corrected chi connectivity index (χ1v) is 10.6. The minimum Gasteiger partial charge on any atom is -0.478 e. The van der Waals surface area contributed by atoms with Gasteiger partial charge in [0.15, 0.2) is 0 Å². The second-order valence-corrected chi connectivity index (χ2v) is 8.76. The van der Waals surface area contributed by atoms with Crippen molar-refractivity contribution >= 4 is 44.9 Å². The number of halogens is 2. The van der Waals surface area contributed by atoms with E-state index in [0.717, 1.165) is 49.3 Å². The van der Waals surface area contributed by atoms with Crippen molar-refractivity contribution in [2.75, 3.05) is 18.0 Å². The number of carboxylic acids is 1. The molecule has 1 aliphatic heterocycles. The lowest BCUT2D eigenvalue weighted by Crippen LogP contribution is -2.26. The maximum atomic E-state index is 12.7.